The summed E-state index contributed by atoms with van der Waals surface area (Å²) in [6.45, 7) is 1.28. The quantitative estimate of drug-likeness (QED) is 0.805. The Hall–Kier alpha value is -0.320. The highest BCUT2D eigenvalue weighted by atomic mass is 35.5. The molecule has 2 N–H and O–H groups in total. The molecule has 0 spiro atoms. The molecule has 0 unspecified atom stereocenters. The molecular weight excluding hydrogens is 261 g/mol. The first kappa shape index (κ1) is 14.7. The van der Waals surface area contributed by atoms with Crippen LogP contribution in [0.25, 0.3) is 0 Å². The fourth-order valence-electron chi connectivity index (χ4n) is 1.59. The molecule has 0 aliphatic rings. The molecule has 0 bridgehead atoms. The molecule has 1 aromatic rings. The highest BCUT2D eigenvalue weighted by molar-refractivity contribution is 6.42. The van der Waals surface area contributed by atoms with E-state index in [-0.39, 0.29) is 12.6 Å². The first-order valence-electron chi connectivity index (χ1n) is 5.47. The fraction of sp³-hybridized carbons (Fsp3) is 0.500. The number of ether oxygens (including phenoxy) is 1. The molecule has 3 nitrogen and oxygen atoms in total. The number of benzene rings is 1. The van der Waals surface area contributed by atoms with Gasteiger partial charge in [0.2, 0.25) is 0 Å². The SMILES string of the molecule is COCC[C@H](NCCO)c1ccc(Cl)c(Cl)c1. The Morgan fingerprint density at radius 1 is 1.35 bits per heavy atom. The Bertz CT molecular complexity index is 339. The average Bonchev–Trinajstić information content (AvgIpc) is 2.33. The lowest BCUT2D eigenvalue weighted by molar-refractivity contribution is 0.180. The molecule has 0 fully saturated rings. The highest BCUT2D eigenvalue weighted by Gasteiger charge is 2.11. The lowest BCUT2D eigenvalue weighted by atomic mass is 10.0. The molecule has 0 heterocycles. The van der Waals surface area contributed by atoms with Crippen LogP contribution in [0.3, 0.4) is 0 Å². The van der Waals surface area contributed by atoms with Crippen LogP contribution in [0.2, 0.25) is 10.0 Å². The molecule has 1 aromatic carbocycles. The maximum atomic E-state index is 8.85. The summed E-state index contributed by atoms with van der Waals surface area (Å²) in [7, 11) is 1.66. The van der Waals surface area contributed by atoms with Crippen LogP contribution in [0, 0.1) is 0 Å². The zero-order chi connectivity index (χ0) is 12.7. The van der Waals surface area contributed by atoms with Gasteiger partial charge in [0, 0.05) is 26.3 Å². The van der Waals surface area contributed by atoms with Crippen molar-refractivity contribution in [1.29, 1.82) is 0 Å². The minimum Gasteiger partial charge on any atom is -0.395 e. The van der Waals surface area contributed by atoms with Gasteiger partial charge in [0.15, 0.2) is 0 Å². The molecule has 96 valence electrons. The maximum Gasteiger partial charge on any atom is 0.0595 e. The van der Waals surface area contributed by atoms with Gasteiger partial charge in [-0.25, -0.2) is 0 Å². The summed E-state index contributed by atoms with van der Waals surface area (Å²) in [6, 6.07) is 5.66. The van der Waals surface area contributed by atoms with Crippen LogP contribution in [0.4, 0.5) is 0 Å². The fourth-order valence-corrected chi connectivity index (χ4v) is 1.90. The molecule has 0 aliphatic heterocycles. The summed E-state index contributed by atoms with van der Waals surface area (Å²) in [5.74, 6) is 0. The van der Waals surface area contributed by atoms with Gasteiger partial charge in [0.1, 0.15) is 0 Å². The Morgan fingerprint density at radius 3 is 2.71 bits per heavy atom. The number of hydrogen-bond donors (Lipinski definition) is 2. The van der Waals surface area contributed by atoms with Crippen LogP contribution in [0.15, 0.2) is 18.2 Å². The van der Waals surface area contributed by atoms with E-state index in [1.54, 1.807) is 13.2 Å². The third kappa shape index (κ3) is 4.82. The van der Waals surface area contributed by atoms with Gasteiger partial charge in [-0.2, -0.15) is 0 Å². The number of nitrogens with one attached hydrogen (secondary N) is 1. The lowest BCUT2D eigenvalue weighted by Gasteiger charge is -2.19. The van der Waals surface area contributed by atoms with Crippen molar-refractivity contribution in [3.63, 3.8) is 0 Å². The maximum absolute atomic E-state index is 8.85. The van der Waals surface area contributed by atoms with Crippen molar-refractivity contribution >= 4 is 23.2 Å². The molecule has 0 radical (unpaired) electrons. The molecule has 5 heteroatoms. The molecule has 0 aromatic heterocycles. The van der Waals surface area contributed by atoms with Crippen LogP contribution in [0.1, 0.15) is 18.0 Å². The van der Waals surface area contributed by atoms with Gasteiger partial charge >= 0.3 is 0 Å². The third-order valence-electron chi connectivity index (χ3n) is 2.46. The van der Waals surface area contributed by atoms with E-state index in [1.807, 2.05) is 12.1 Å². The van der Waals surface area contributed by atoms with Gasteiger partial charge in [0.25, 0.3) is 0 Å². The summed E-state index contributed by atoms with van der Waals surface area (Å²) in [5, 5.41) is 13.2. The monoisotopic (exact) mass is 277 g/mol. The van der Waals surface area contributed by atoms with Gasteiger partial charge < -0.3 is 15.2 Å². The zero-order valence-corrected chi connectivity index (χ0v) is 11.3. The molecular formula is C12H17Cl2NO2. The molecule has 0 saturated heterocycles. The van der Waals surface area contributed by atoms with Gasteiger partial charge in [-0.3, -0.25) is 0 Å². The molecule has 0 aliphatic carbocycles. The van der Waals surface area contributed by atoms with Crippen molar-refractivity contribution in [3.05, 3.63) is 33.8 Å². The van der Waals surface area contributed by atoms with E-state index < -0.39 is 0 Å². The number of aliphatic hydroxyl groups is 1. The van der Waals surface area contributed by atoms with Crippen molar-refractivity contribution < 1.29 is 9.84 Å². The zero-order valence-electron chi connectivity index (χ0n) is 9.75. The van der Waals surface area contributed by atoms with E-state index in [0.29, 0.717) is 23.2 Å². The first-order valence-corrected chi connectivity index (χ1v) is 6.22. The number of aliphatic hydroxyl groups excluding tert-OH is 1. The van der Waals surface area contributed by atoms with Crippen molar-refractivity contribution in [2.24, 2.45) is 0 Å². The van der Waals surface area contributed by atoms with Crippen LogP contribution in [-0.2, 0) is 4.74 Å². The topological polar surface area (TPSA) is 41.5 Å². The van der Waals surface area contributed by atoms with Crippen LogP contribution < -0.4 is 5.32 Å². The minimum atomic E-state index is 0.102. The van der Waals surface area contributed by atoms with Gasteiger partial charge in [0.05, 0.1) is 16.7 Å². The predicted molar refractivity (Wildman–Crippen MR) is 70.8 cm³/mol. The Balaban J connectivity index is 2.75. The largest absolute Gasteiger partial charge is 0.395 e. The summed E-state index contributed by atoms with van der Waals surface area (Å²) in [4.78, 5) is 0. The lowest BCUT2D eigenvalue weighted by Crippen LogP contribution is -2.25. The van der Waals surface area contributed by atoms with Crippen molar-refractivity contribution in [2.45, 2.75) is 12.5 Å². The number of halogens is 2. The van der Waals surface area contributed by atoms with E-state index >= 15 is 0 Å². The molecule has 1 rings (SSSR count). The molecule has 1 atom stereocenters. The second-order valence-electron chi connectivity index (χ2n) is 3.69. The number of rotatable bonds is 7. The Labute approximate surface area is 112 Å². The Morgan fingerprint density at radius 2 is 2.12 bits per heavy atom. The number of hydrogen-bond acceptors (Lipinski definition) is 3. The van der Waals surface area contributed by atoms with Crippen molar-refractivity contribution in [1.82, 2.24) is 5.32 Å². The van der Waals surface area contributed by atoms with E-state index in [0.717, 1.165) is 12.0 Å². The van der Waals surface area contributed by atoms with Gasteiger partial charge in [-0.05, 0) is 24.1 Å². The first-order chi connectivity index (χ1) is 8.19. The van der Waals surface area contributed by atoms with Gasteiger partial charge in [-0.1, -0.05) is 29.3 Å². The van der Waals surface area contributed by atoms with Crippen molar-refractivity contribution in [3.8, 4) is 0 Å². The molecule has 17 heavy (non-hydrogen) atoms. The number of methoxy groups -OCH3 is 1. The minimum absolute atomic E-state index is 0.102. The smallest absolute Gasteiger partial charge is 0.0595 e. The van der Waals surface area contributed by atoms with Crippen molar-refractivity contribution in [2.75, 3.05) is 26.9 Å². The molecule has 0 saturated carbocycles. The Kier molecular flexibility index (Phi) is 6.85. The van der Waals surface area contributed by atoms with Crippen LogP contribution in [-0.4, -0.2) is 32.0 Å². The average molecular weight is 278 g/mol. The van der Waals surface area contributed by atoms with Gasteiger partial charge in [-0.15, -0.1) is 0 Å². The molecule has 0 amide bonds. The van der Waals surface area contributed by atoms with Crippen LogP contribution in [0.5, 0.6) is 0 Å². The second kappa shape index (κ2) is 7.90. The standard InChI is InChI=1S/C12H17Cl2NO2/c1-17-7-4-12(15-5-6-16)9-2-3-10(13)11(14)8-9/h2-3,8,12,15-16H,4-7H2,1H3/t12-/m0/s1. The summed E-state index contributed by atoms with van der Waals surface area (Å²) >= 11 is 11.9. The summed E-state index contributed by atoms with van der Waals surface area (Å²) < 4.78 is 5.07. The normalized spacial score (nSPS) is 12.7. The predicted octanol–water partition coefficient (Wildman–Crippen LogP) is 2.65. The highest BCUT2D eigenvalue weighted by Crippen LogP contribution is 2.26. The third-order valence-corrected chi connectivity index (χ3v) is 3.20. The van der Waals surface area contributed by atoms with E-state index in [1.165, 1.54) is 0 Å². The van der Waals surface area contributed by atoms with Crippen LogP contribution >= 0.6 is 23.2 Å². The summed E-state index contributed by atoms with van der Waals surface area (Å²) in [6.07, 6.45) is 0.814. The second-order valence-corrected chi connectivity index (χ2v) is 4.50. The van der Waals surface area contributed by atoms with E-state index in [4.69, 9.17) is 33.0 Å². The van der Waals surface area contributed by atoms with E-state index in [2.05, 4.69) is 5.32 Å². The summed E-state index contributed by atoms with van der Waals surface area (Å²) in [5.41, 5.74) is 1.05. The van der Waals surface area contributed by atoms with E-state index in [9.17, 15) is 0 Å².